The maximum absolute atomic E-state index is 13.1. The largest absolute Gasteiger partial charge is 0.459 e. The van der Waals surface area contributed by atoms with Crippen molar-refractivity contribution in [1.82, 2.24) is 0 Å². The zero-order valence-corrected chi connectivity index (χ0v) is 11.6. The molecule has 1 atom stereocenters. The molecule has 126 valence electrons. The number of hydrogen-bond donors (Lipinski definition) is 1. The van der Waals surface area contributed by atoms with E-state index < -0.39 is 41.6 Å². The number of hydrogen-bond acceptors (Lipinski definition) is 3. The second-order valence-electron chi connectivity index (χ2n) is 5.73. The van der Waals surface area contributed by atoms with Crippen LogP contribution in [0.5, 0.6) is 0 Å². The fraction of sp³-hybridized carbons (Fsp3) is 0.909. The van der Waals surface area contributed by atoms with Crippen LogP contribution in [-0.4, -0.2) is 40.3 Å². The van der Waals surface area contributed by atoms with Crippen molar-refractivity contribution in [3.8, 4) is 0 Å². The molecule has 1 N–H and O–H groups in total. The van der Waals surface area contributed by atoms with Crippen LogP contribution < -0.4 is 0 Å². The minimum absolute atomic E-state index is 0.376. The van der Waals surface area contributed by atoms with E-state index >= 15 is 0 Å². The summed E-state index contributed by atoms with van der Waals surface area (Å²) in [6.07, 6.45) is -8.97. The van der Waals surface area contributed by atoms with Crippen LogP contribution in [0.3, 0.4) is 0 Å². The summed E-state index contributed by atoms with van der Waals surface area (Å²) in [5.74, 6) is -13.8. The fourth-order valence-corrected chi connectivity index (χ4v) is 1.21. The molecule has 1 unspecified atom stereocenters. The van der Waals surface area contributed by atoms with Gasteiger partial charge in [-0.2, -0.15) is 30.7 Å². The molecular weight excluding hydrogens is 313 g/mol. The predicted molar refractivity (Wildman–Crippen MR) is 57.0 cm³/mol. The van der Waals surface area contributed by atoms with Gasteiger partial charge in [-0.1, -0.05) is 0 Å². The van der Waals surface area contributed by atoms with Gasteiger partial charge in [0.15, 0.2) is 5.60 Å². The minimum Gasteiger partial charge on any atom is -0.458 e. The van der Waals surface area contributed by atoms with Gasteiger partial charge in [0, 0.05) is 0 Å². The number of aliphatic hydroxyl groups is 1. The Morgan fingerprint density at radius 1 is 0.952 bits per heavy atom. The van der Waals surface area contributed by atoms with Crippen LogP contribution in [0, 0.1) is 0 Å². The highest BCUT2D eigenvalue weighted by Gasteiger charge is 2.74. The zero-order chi connectivity index (χ0) is 17.5. The minimum atomic E-state index is -6.53. The van der Waals surface area contributed by atoms with Gasteiger partial charge in [0.25, 0.3) is 0 Å². The van der Waals surface area contributed by atoms with Gasteiger partial charge >= 0.3 is 24.0 Å². The van der Waals surface area contributed by atoms with Gasteiger partial charge in [0.1, 0.15) is 5.60 Å². The first-order valence-electron chi connectivity index (χ1n) is 5.62. The molecular formula is C11H15F7O3. The Bertz CT molecular complexity index is 394. The SMILES string of the molecule is CC(C)(C)OC(=O)C(C)(O)CC(F)(F)C(F)(F)C(F)(F)F. The maximum Gasteiger partial charge on any atom is 0.459 e. The lowest BCUT2D eigenvalue weighted by atomic mass is 9.93. The van der Waals surface area contributed by atoms with Gasteiger partial charge in [0.2, 0.25) is 0 Å². The van der Waals surface area contributed by atoms with Crippen LogP contribution >= 0.6 is 0 Å². The van der Waals surface area contributed by atoms with Gasteiger partial charge in [0.05, 0.1) is 6.42 Å². The van der Waals surface area contributed by atoms with Crippen molar-refractivity contribution in [3.05, 3.63) is 0 Å². The predicted octanol–water partition coefficient (Wildman–Crippen LogP) is 3.30. The standard InChI is InChI=1S/C11H15F7O3/c1-7(2,3)21-6(19)8(4,20)5-9(12,13)10(14,15)11(16,17)18/h20H,5H2,1-4H3. The monoisotopic (exact) mass is 328 g/mol. The summed E-state index contributed by atoms with van der Waals surface area (Å²) in [6.45, 7) is 4.26. The quantitative estimate of drug-likeness (QED) is 0.636. The molecule has 21 heavy (non-hydrogen) atoms. The van der Waals surface area contributed by atoms with Crippen LogP contribution in [0.25, 0.3) is 0 Å². The van der Waals surface area contributed by atoms with Crippen LogP contribution in [0.15, 0.2) is 0 Å². The first kappa shape index (κ1) is 19.9. The molecule has 10 heteroatoms. The average Bonchev–Trinajstić information content (AvgIpc) is 2.10. The van der Waals surface area contributed by atoms with Crippen molar-refractivity contribution < 1.29 is 45.4 Å². The van der Waals surface area contributed by atoms with Gasteiger partial charge < -0.3 is 9.84 Å². The molecule has 0 aliphatic heterocycles. The summed E-state index contributed by atoms with van der Waals surface area (Å²) in [7, 11) is 0. The second-order valence-corrected chi connectivity index (χ2v) is 5.73. The number of ether oxygens (including phenoxy) is 1. The maximum atomic E-state index is 13.1. The Labute approximate surface area is 116 Å². The van der Waals surface area contributed by atoms with Crippen LogP contribution in [0.2, 0.25) is 0 Å². The van der Waals surface area contributed by atoms with Crippen molar-refractivity contribution in [2.24, 2.45) is 0 Å². The zero-order valence-electron chi connectivity index (χ0n) is 11.6. The summed E-state index contributed by atoms with van der Waals surface area (Å²) < 4.78 is 92.0. The molecule has 0 aromatic rings. The molecule has 0 radical (unpaired) electrons. The Balaban J connectivity index is 5.30. The second kappa shape index (κ2) is 5.29. The molecule has 0 aromatic heterocycles. The molecule has 0 aromatic carbocycles. The normalized spacial score (nSPS) is 17.3. The lowest BCUT2D eigenvalue weighted by Crippen LogP contribution is -2.56. The van der Waals surface area contributed by atoms with Gasteiger partial charge in [-0.25, -0.2) is 4.79 Å². The molecule has 0 saturated heterocycles. The average molecular weight is 328 g/mol. The van der Waals surface area contributed by atoms with E-state index in [-0.39, 0.29) is 0 Å². The molecule has 0 saturated carbocycles. The molecule has 0 bridgehead atoms. The summed E-state index contributed by atoms with van der Waals surface area (Å²) >= 11 is 0. The van der Waals surface area contributed by atoms with Gasteiger partial charge in [-0.05, 0) is 27.7 Å². The van der Waals surface area contributed by atoms with Crippen LogP contribution in [-0.2, 0) is 9.53 Å². The smallest absolute Gasteiger partial charge is 0.458 e. The van der Waals surface area contributed by atoms with Crippen molar-refractivity contribution in [2.45, 2.75) is 63.3 Å². The first-order chi connectivity index (χ1) is 8.83. The third-order valence-electron chi connectivity index (χ3n) is 2.22. The van der Waals surface area contributed by atoms with E-state index in [0.29, 0.717) is 6.92 Å². The number of alkyl halides is 7. The van der Waals surface area contributed by atoms with E-state index in [1.54, 1.807) is 0 Å². The number of carbonyl (C=O) groups is 1. The molecule has 0 amide bonds. The molecule has 3 nitrogen and oxygen atoms in total. The molecule has 0 spiro atoms. The Morgan fingerprint density at radius 3 is 1.62 bits per heavy atom. The van der Waals surface area contributed by atoms with E-state index in [1.807, 2.05) is 0 Å². The van der Waals surface area contributed by atoms with E-state index in [9.17, 15) is 40.6 Å². The molecule has 0 rings (SSSR count). The fourth-order valence-electron chi connectivity index (χ4n) is 1.21. The van der Waals surface area contributed by atoms with Gasteiger partial charge in [-0.15, -0.1) is 0 Å². The summed E-state index contributed by atoms with van der Waals surface area (Å²) in [5.41, 5.74) is -4.46. The van der Waals surface area contributed by atoms with Crippen molar-refractivity contribution in [3.63, 3.8) is 0 Å². The number of halogens is 7. The van der Waals surface area contributed by atoms with Crippen molar-refractivity contribution in [2.75, 3.05) is 0 Å². The molecule has 0 aliphatic carbocycles. The van der Waals surface area contributed by atoms with E-state index in [1.165, 1.54) is 20.8 Å². The molecule has 0 heterocycles. The van der Waals surface area contributed by atoms with Crippen molar-refractivity contribution >= 4 is 5.97 Å². The molecule has 0 fully saturated rings. The number of rotatable bonds is 4. The van der Waals surface area contributed by atoms with E-state index in [4.69, 9.17) is 0 Å². The highest BCUT2D eigenvalue weighted by molar-refractivity contribution is 5.79. The van der Waals surface area contributed by atoms with E-state index in [2.05, 4.69) is 4.74 Å². The Morgan fingerprint density at radius 2 is 1.33 bits per heavy atom. The Kier molecular flexibility index (Phi) is 5.02. The lowest BCUT2D eigenvalue weighted by molar-refractivity contribution is -0.360. The third-order valence-corrected chi connectivity index (χ3v) is 2.22. The molecule has 0 aliphatic rings. The first-order valence-corrected chi connectivity index (χ1v) is 5.62. The summed E-state index contributed by atoms with van der Waals surface area (Å²) in [6, 6.07) is 0. The van der Waals surface area contributed by atoms with Crippen molar-refractivity contribution in [1.29, 1.82) is 0 Å². The number of carbonyl (C=O) groups excluding carboxylic acids is 1. The topological polar surface area (TPSA) is 46.5 Å². The number of esters is 1. The highest BCUT2D eigenvalue weighted by Crippen LogP contribution is 2.49. The highest BCUT2D eigenvalue weighted by atomic mass is 19.4. The van der Waals surface area contributed by atoms with Crippen LogP contribution in [0.1, 0.15) is 34.1 Å². The van der Waals surface area contributed by atoms with Gasteiger partial charge in [-0.3, -0.25) is 0 Å². The summed E-state index contributed by atoms with van der Waals surface area (Å²) in [4.78, 5) is 11.4. The van der Waals surface area contributed by atoms with E-state index in [0.717, 1.165) is 0 Å². The third kappa shape index (κ3) is 4.72. The lowest BCUT2D eigenvalue weighted by Gasteiger charge is -2.33. The van der Waals surface area contributed by atoms with Crippen LogP contribution in [0.4, 0.5) is 30.7 Å². The Hall–Kier alpha value is -1.06. The summed E-state index contributed by atoms with van der Waals surface area (Å²) in [5, 5.41) is 9.46.